The van der Waals surface area contributed by atoms with Crippen molar-refractivity contribution in [1.29, 1.82) is 0 Å². The lowest BCUT2D eigenvalue weighted by Crippen LogP contribution is -2.02. The summed E-state index contributed by atoms with van der Waals surface area (Å²) in [6.07, 6.45) is 3.85. The first-order valence-electron chi connectivity index (χ1n) is 7.29. The molecule has 0 saturated heterocycles. The second kappa shape index (κ2) is 4.94. The van der Waals surface area contributed by atoms with Gasteiger partial charge < -0.3 is 9.30 Å². The minimum absolute atomic E-state index is 0.392. The highest BCUT2D eigenvalue weighted by Crippen LogP contribution is 2.40. The van der Waals surface area contributed by atoms with Gasteiger partial charge in [-0.15, -0.1) is 0 Å². The molecule has 5 nitrogen and oxygen atoms in total. The molecular weight excluding hydrogens is 278 g/mol. The smallest absolute Gasteiger partial charge is 0.339 e. The molecule has 2 heterocycles. The molecule has 3 aromatic rings. The van der Waals surface area contributed by atoms with Gasteiger partial charge in [-0.1, -0.05) is 30.3 Å². The van der Waals surface area contributed by atoms with Gasteiger partial charge in [-0.25, -0.2) is 14.8 Å². The van der Waals surface area contributed by atoms with Crippen LogP contribution in [0.3, 0.4) is 0 Å². The predicted octanol–water partition coefficient (Wildman–Crippen LogP) is 3.22. The maximum atomic E-state index is 11.7. The van der Waals surface area contributed by atoms with E-state index in [-0.39, 0.29) is 0 Å². The van der Waals surface area contributed by atoms with Crippen LogP contribution in [0, 0.1) is 0 Å². The van der Waals surface area contributed by atoms with Crippen LogP contribution in [0.15, 0.2) is 42.6 Å². The molecule has 1 aromatic carbocycles. The summed E-state index contributed by atoms with van der Waals surface area (Å²) in [4.78, 5) is 20.8. The molecule has 110 valence electrons. The molecule has 1 saturated carbocycles. The van der Waals surface area contributed by atoms with E-state index >= 15 is 0 Å². The molecule has 22 heavy (non-hydrogen) atoms. The highest BCUT2D eigenvalue weighted by Gasteiger charge is 2.29. The number of methoxy groups -OCH3 is 1. The molecule has 0 amide bonds. The van der Waals surface area contributed by atoms with Crippen molar-refractivity contribution in [3.05, 3.63) is 48.2 Å². The van der Waals surface area contributed by atoms with Gasteiger partial charge in [-0.3, -0.25) is 0 Å². The Morgan fingerprint density at radius 2 is 2.05 bits per heavy atom. The highest BCUT2D eigenvalue weighted by molar-refractivity contribution is 5.92. The third kappa shape index (κ3) is 2.06. The maximum absolute atomic E-state index is 11.7. The number of fused-ring (bicyclic) bond motifs is 1. The van der Waals surface area contributed by atoms with E-state index in [4.69, 9.17) is 9.72 Å². The van der Waals surface area contributed by atoms with Crippen LogP contribution in [-0.2, 0) is 4.74 Å². The average molecular weight is 293 g/mol. The number of benzene rings is 1. The van der Waals surface area contributed by atoms with Gasteiger partial charge in [0.1, 0.15) is 11.3 Å². The van der Waals surface area contributed by atoms with E-state index in [9.17, 15) is 4.79 Å². The van der Waals surface area contributed by atoms with Crippen LogP contribution in [0.25, 0.3) is 22.6 Å². The quantitative estimate of drug-likeness (QED) is 0.696. The zero-order valence-corrected chi connectivity index (χ0v) is 12.2. The number of imidazole rings is 1. The number of pyridine rings is 1. The second-order valence-corrected chi connectivity index (χ2v) is 5.46. The Hall–Kier alpha value is -2.69. The number of aromatic nitrogens is 3. The van der Waals surface area contributed by atoms with Crippen molar-refractivity contribution in [3.63, 3.8) is 0 Å². The fourth-order valence-electron chi connectivity index (χ4n) is 2.68. The Morgan fingerprint density at radius 1 is 1.27 bits per heavy atom. The highest BCUT2D eigenvalue weighted by atomic mass is 16.5. The molecule has 0 radical (unpaired) electrons. The molecule has 0 aliphatic heterocycles. The third-order valence-electron chi connectivity index (χ3n) is 3.90. The number of rotatable bonds is 3. The maximum Gasteiger partial charge on any atom is 0.339 e. The molecule has 1 fully saturated rings. The average Bonchev–Trinajstić information content (AvgIpc) is 3.34. The standard InChI is InChI=1S/C17H15N3O2/c1-22-17(21)12-9-14-16(18-10-12)20(13-7-8-13)15(19-14)11-5-3-2-4-6-11/h2-6,9-10,13H,7-8H2,1H3. The van der Waals surface area contributed by atoms with E-state index in [1.807, 2.05) is 30.3 Å². The molecule has 1 aliphatic rings. The SMILES string of the molecule is COC(=O)c1cnc2c(c1)nc(-c1ccccc1)n2C1CC1. The summed E-state index contributed by atoms with van der Waals surface area (Å²) in [7, 11) is 1.37. The molecule has 5 heteroatoms. The van der Waals surface area contributed by atoms with Gasteiger partial charge in [0.25, 0.3) is 0 Å². The minimum atomic E-state index is -0.392. The first kappa shape index (κ1) is 13.0. The van der Waals surface area contributed by atoms with E-state index in [0.717, 1.165) is 35.4 Å². The Balaban J connectivity index is 1.93. The zero-order valence-electron chi connectivity index (χ0n) is 12.2. The molecule has 0 atom stereocenters. The number of hydrogen-bond donors (Lipinski definition) is 0. The topological polar surface area (TPSA) is 57.0 Å². The van der Waals surface area contributed by atoms with Crippen molar-refractivity contribution in [2.24, 2.45) is 0 Å². The number of carbonyl (C=O) groups excluding carboxylic acids is 1. The van der Waals surface area contributed by atoms with E-state index in [1.54, 1.807) is 12.3 Å². The van der Waals surface area contributed by atoms with E-state index in [2.05, 4.69) is 9.55 Å². The van der Waals surface area contributed by atoms with E-state index < -0.39 is 5.97 Å². The van der Waals surface area contributed by atoms with Crippen LogP contribution in [0.4, 0.5) is 0 Å². The van der Waals surface area contributed by atoms with E-state index in [1.165, 1.54) is 7.11 Å². The third-order valence-corrected chi connectivity index (χ3v) is 3.90. The summed E-state index contributed by atoms with van der Waals surface area (Å²) in [5.74, 6) is 0.518. The Labute approximate surface area is 127 Å². The van der Waals surface area contributed by atoms with E-state index in [0.29, 0.717) is 11.6 Å². The fraction of sp³-hybridized carbons (Fsp3) is 0.235. The van der Waals surface area contributed by atoms with Crippen LogP contribution < -0.4 is 0 Å². The largest absolute Gasteiger partial charge is 0.465 e. The summed E-state index contributed by atoms with van der Waals surface area (Å²) in [5, 5.41) is 0. The lowest BCUT2D eigenvalue weighted by atomic mass is 10.2. The van der Waals surface area contributed by atoms with Crippen molar-refractivity contribution < 1.29 is 9.53 Å². The zero-order chi connectivity index (χ0) is 15.1. The fourth-order valence-corrected chi connectivity index (χ4v) is 2.68. The normalized spacial score (nSPS) is 14.2. The number of carbonyl (C=O) groups is 1. The lowest BCUT2D eigenvalue weighted by Gasteiger charge is -2.06. The van der Waals surface area contributed by atoms with Crippen molar-refractivity contribution in [1.82, 2.24) is 14.5 Å². The summed E-state index contributed by atoms with van der Waals surface area (Å²) < 4.78 is 6.94. The van der Waals surface area contributed by atoms with Gasteiger partial charge in [0.05, 0.1) is 12.7 Å². The molecule has 0 bridgehead atoms. The molecule has 0 N–H and O–H groups in total. The van der Waals surface area contributed by atoms with Crippen molar-refractivity contribution in [2.75, 3.05) is 7.11 Å². The summed E-state index contributed by atoms with van der Waals surface area (Å²) in [6, 6.07) is 12.3. The monoisotopic (exact) mass is 293 g/mol. The van der Waals surface area contributed by atoms with Gasteiger partial charge in [0.15, 0.2) is 5.65 Å². The first-order chi connectivity index (χ1) is 10.8. The van der Waals surface area contributed by atoms with Crippen LogP contribution in [0.1, 0.15) is 29.2 Å². The molecule has 0 unspecified atom stereocenters. The number of ether oxygens (including phenoxy) is 1. The van der Waals surface area contributed by atoms with Gasteiger partial charge in [-0.2, -0.15) is 0 Å². The second-order valence-electron chi connectivity index (χ2n) is 5.46. The minimum Gasteiger partial charge on any atom is -0.465 e. The molecule has 4 rings (SSSR count). The summed E-state index contributed by atoms with van der Waals surface area (Å²) in [5.41, 5.74) is 3.05. The van der Waals surface area contributed by atoms with Gasteiger partial charge in [0.2, 0.25) is 0 Å². The molecular formula is C17H15N3O2. The number of hydrogen-bond acceptors (Lipinski definition) is 4. The lowest BCUT2D eigenvalue weighted by molar-refractivity contribution is 0.0600. The number of esters is 1. The molecule has 0 spiro atoms. The van der Waals surface area contributed by atoms with Crippen LogP contribution in [0.2, 0.25) is 0 Å². The Morgan fingerprint density at radius 3 is 2.73 bits per heavy atom. The summed E-state index contributed by atoms with van der Waals surface area (Å²) in [6.45, 7) is 0. The van der Waals surface area contributed by atoms with Crippen molar-refractivity contribution in [2.45, 2.75) is 18.9 Å². The van der Waals surface area contributed by atoms with Gasteiger partial charge in [-0.05, 0) is 18.9 Å². The molecule has 2 aromatic heterocycles. The van der Waals surface area contributed by atoms with Crippen LogP contribution >= 0.6 is 0 Å². The summed E-state index contributed by atoms with van der Waals surface area (Å²) >= 11 is 0. The Kier molecular flexibility index (Phi) is 2.92. The predicted molar refractivity (Wildman–Crippen MR) is 82.6 cm³/mol. The van der Waals surface area contributed by atoms with Gasteiger partial charge in [0, 0.05) is 17.8 Å². The Bertz CT molecular complexity index is 851. The number of nitrogens with zero attached hydrogens (tertiary/aromatic N) is 3. The van der Waals surface area contributed by atoms with Crippen molar-refractivity contribution in [3.8, 4) is 11.4 Å². The van der Waals surface area contributed by atoms with Crippen LogP contribution in [-0.4, -0.2) is 27.6 Å². The van der Waals surface area contributed by atoms with Crippen LogP contribution in [0.5, 0.6) is 0 Å². The van der Waals surface area contributed by atoms with Crippen molar-refractivity contribution >= 4 is 17.1 Å². The van der Waals surface area contributed by atoms with Gasteiger partial charge >= 0.3 is 5.97 Å². The molecule has 1 aliphatic carbocycles. The first-order valence-corrected chi connectivity index (χ1v) is 7.29.